The topological polar surface area (TPSA) is 0 Å². The van der Waals surface area contributed by atoms with Gasteiger partial charge in [-0.2, -0.15) is 0 Å². The van der Waals surface area contributed by atoms with Crippen LogP contribution in [0.2, 0.25) is 0 Å². The van der Waals surface area contributed by atoms with Crippen LogP contribution in [0.3, 0.4) is 0 Å². The molecule has 0 nitrogen and oxygen atoms in total. The molecule has 0 amide bonds. The Morgan fingerprint density at radius 3 is 1.48 bits per heavy atom. The largest absolute Gasteiger partial charge is 0.0645 e. The van der Waals surface area contributed by atoms with Crippen molar-refractivity contribution in [2.45, 2.75) is 124 Å². The summed E-state index contributed by atoms with van der Waals surface area (Å²) >= 11 is 0. The third kappa shape index (κ3) is 5.82. The van der Waals surface area contributed by atoms with Gasteiger partial charge in [-0.15, -0.1) is 0 Å². The van der Waals surface area contributed by atoms with Crippen LogP contribution < -0.4 is 0 Å². The first-order valence-electron chi connectivity index (χ1n) is 12.2. The molecule has 0 heteroatoms. The Labute approximate surface area is 193 Å². The van der Waals surface area contributed by atoms with Crippen LogP contribution in [0.25, 0.3) is 0 Å². The van der Waals surface area contributed by atoms with E-state index in [9.17, 15) is 0 Å². The van der Waals surface area contributed by atoms with E-state index in [2.05, 4.69) is 126 Å². The predicted molar refractivity (Wildman–Crippen MR) is 140 cm³/mol. The van der Waals surface area contributed by atoms with E-state index in [1.54, 1.807) is 0 Å². The van der Waals surface area contributed by atoms with Gasteiger partial charge in [0.2, 0.25) is 0 Å². The van der Waals surface area contributed by atoms with Gasteiger partial charge >= 0.3 is 0 Å². The second kappa shape index (κ2) is 8.42. The molecule has 0 spiro atoms. The molecule has 2 aromatic carbocycles. The summed E-state index contributed by atoms with van der Waals surface area (Å²) in [7, 11) is 0. The van der Waals surface area contributed by atoms with Crippen LogP contribution in [-0.2, 0) is 21.7 Å². The minimum Gasteiger partial charge on any atom is -0.0645 e. The van der Waals surface area contributed by atoms with E-state index in [-0.39, 0.29) is 21.7 Å². The highest BCUT2D eigenvalue weighted by Gasteiger charge is 2.31. The van der Waals surface area contributed by atoms with Crippen molar-refractivity contribution in [3.05, 3.63) is 69.8 Å². The molecule has 0 saturated heterocycles. The summed E-state index contributed by atoms with van der Waals surface area (Å²) in [6.45, 7) is 30.5. The summed E-state index contributed by atoms with van der Waals surface area (Å²) in [6.07, 6.45) is 1.11. The summed E-state index contributed by atoms with van der Waals surface area (Å²) in [4.78, 5) is 0. The maximum absolute atomic E-state index is 2.57. The Kier molecular flexibility index (Phi) is 6.98. The molecule has 0 aliphatic heterocycles. The van der Waals surface area contributed by atoms with E-state index in [1.807, 2.05) is 0 Å². The molecule has 0 saturated carbocycles. The predicted octanol–water partition coefficient (Wildman–Crippen LogP) is 9.42. The maximum atomic E-state index is 2.57. The Morgan fingerprint density at radius 1 is 0.581 bits per heavy atom. The third-order valence-electron chi connectivity index (χ3n) is 6.55. The van der Waals surface area contributed by atoms with Gasteiger partial charge in [0, 0.05) is 5.92 Å². The number of rotatable bonds is 3. The van der Waals surface area contributed by atoms with Crippen LogP contribution in [0.5, 0.6) is 0 Å². The monoisotopic (exact) mass is 420 g/mol. The zero-order chi connectivity index (χ0) is 24.0. The second-order valence-electron chi connectivity index (χ2n) is 13.6. The van der Waals surface area contributed by atoms with Gasteiger partial charge in [-0.3, -0.25) is 0 Å². The lowest BCUT2D eigenvalue weighted by Gasteiger charge is -2.36. The van der Waals surface area contributed by atoms with Crippen LogP contribution >= 0.6 is 0 Å². The van der Waals surface area contributed by atoms with Gasteiger partial charge in [0.15, 0.2) is 0 Å². The fourth-order valence-electron chi connectivity index (χ4n) is 4.65. The normalized spacial score (nSPS) is 14.6. The molecule has 0 radical (unpaired) electrons. The summed E-state index contributed by atoms with van der Waals surface area (Å²) in [5, 5.41) is 0. The lowest BCUT2D eigenvalue weighted by atomic mass is 9.68. The number of hydrogen-bond acceptors (Lipinski definition) is 0. The minimum absolute atomic E-state index is 0.0980. The van der Waals surface area contributed by atoms with Crippen LogP contribution in [0.1, 0.15) is 136 Å². The summed E-state index contributed by atoms with van der Waals surface area (Å²) in [5.74, 6) is 0.409. The molecule has 31 heavy (non-hydrogen) atoms. The van der Waals surface area contributed by atoms with Crippen LogP contribution in [0.15, 0.2) is 36.4 Å². The molecule has 1 unspecified atom stereocenters. The first-order chi connectivity index (χ1) is 13.9. The number of hydrogen-bond donors (Lipinski definition) is 0. The first-order valence-corrected chi connectivity index (χ1v) is 12.2. The minimum atomic E-state index is 0.0980. The van der Waals surface area contributed by atoms with Gasteiger partial charge in [0.05, 0.1) is 0 Å². The molecular formula is C31H48. The highest BCUT2D eigenvalue weighted by atomic mass is 14.4. The fraction of sp³-hybridized carbons (Fsp3) is 0.613. The molecule has 172 valence electrons. The molecule has 2 aromatic rings. The summed E-state index contributed by atoms with van der Waals surface area (Å²) in [6, 6.07) is 14.4. The van der Waals surface area contributed by atoms with Gasteiger partial charge in [0.25, 0.3) is 0 Å². The molecule has 0 heterocycles. The zero-order valence-corrected chi connectivity index (χ0v) is 22.7. The van der Waals surface area contributed by atoms with Crippen molar-refractivity contribution in [3.8, 4) is 0 Å². The molecule has 0 aromatic heterocycles. The van der Waals surface area contributed by atoms with E-state index >= 15 is 0 Å². The van der Waals surface area contributed by atoms with Gasteiger partial charge in [-0.25, -0.2) is 0 Å². The summed E-state index contributed by atoms with van der Waals surface area (Å²) in [5.41, 5.74) is 9.35. The molecule has 1 atom stereocenters. The highest BCUT2D eigenvalue weighted by Crippen LogP contribution is 2.43. The Hall–Kier alpha value is -1.56. The van der Waals surface area contributed by atoms with Crippen molar-refractivity contribution in [3.63, 3.8) is 0 Å². The van der Waals surface area contributed by atoms with E-state index < -0.39 is 0 Å². The maximum Gasteiger partial charge on any atom is 0.00898 e. The SMILES string of the molecule is CCC(c1cccc(C(C)(C)C)c1)c1cc(C(C)(C)C)c(C(C)(C)C)cc1C(C)(C)C. The van der Waals surface area contributed by atoms with Gasteiger partial charge in [-0.05, 0) is 61.5 Å². The van der Waals surface area contributed by atoms with E-state index in [4.69, 9.17) is 0 Å². The Morgan fingerprint density at radius 2 is 1.06 bits per heavy atom. The average Bonchev–Trinajstić information content (AvgIpc) is 2.59. The Bertz CT molecular complexity index is 899. The molecule has 0 bridgehead atoms. The van der Waals surface area contributed by atoms with Crippen molar-refractivity contribution >= 4 is 0 Å². The Balaban J connectivity index is 2.87. The molecule has 0 aliphatic carbocycles. The lowest BCUT2D eigenvalue weighted by molar-refractivity contribution is 0.517. The van der Waals surface area contributed by atoms with Gasteiger partial charge in [-0.1, -0.05) is 126 Å². The lowest BCUT2D eigenvalue weighted by Crippen LogP contribution is -2.26. The molecule has 0 N–H and O–H groups in total. The molecule has 2 rings (SSSR count). The standard InChI is InChI=1S/C31H48/c1-14-23(21-16-15-17-22(18-21)28(2,3)4)24-19-26(30(8,9)10)27(31(11,12)13)20-25(24)29(5,6)7/h15-20,23H,14H2,1-13H3. The zero-order valence-electron chi connectivity index (χ0n) is 22.7. The van der Waals surface area contributed by atoms with Gasteiger partial charge < -0.3 is 0 Å². The van der Waals surface area contributed by atoms with Gasteiger partial charge in [0.1, 0.15) is 0 Å². The van der Waals surface area contributed by atoms with Crippen molar-refractivity contribution in [1.82, 2.24) is 0 Å². The smallest absolute Gasteiger partial charge is 0.00898 e. The molecule has 0 aliphatic rings. The molecule has 0 fully saturated rings. The second-order valence-corrected chi connectivity index (χ2v) is 13.6. The van der Waals surface area contributed by atoms with E-state index in [0.29, 0.717) is 5.92 Å². The van der Waals surface area contributed by atoms with E-state index in [1.165, 1.54) is 33.4 Å². The fourth-order valence-corrected chi connectivity index (χ4v) is 4.65. The van der Waals surface area contributed by atoms with Crippen LogP contribution in [-0.4, -0.2) is 0 Å². The van der Waals surface area contributed by atoms with Crippen molar-refractivity contribution < 1.29 is 0 Å². The third-order valence-corrected chi connectivity index (χ3v) is 6.55. The highest BCUT2D eigenvalue weighted by molar-refractivity contribution is 5.51. The van der Waals surface area contributed by atoms with Crippen molar-refractivity contribution in [1.29, 1.82) is 0 Å². The number of benzene rings is 2. The van der Waals surface area contributed by atoms with Crippen molar-refractivity contribution in [2.24, 2.45) is 0 Å². The first kappa shape index (κ1) is 25.7. The van der Waals surface area contributed by atoms with Crippen LogP contribution in [0.4, 0.5) is 0 Å². The van der Waals surface area contributed by atoms with E-state index in [0.717, 1.165) is 6.42 Å². The summed E-state index contributed by atoms with van der Waals surface area (Å²) < 4.78 is 0. The quantitative estimate of drug-likeness (QED) is 0.464. The molecular weight excluding hydrogens is 372 g/mol. The van der Waals surface area contributed by atoms with Crippen LogP contribution in [0, 0.1) is 0 Å². The van der Waals surface area contributed by atoms with Crippen molar-refractivity contribution in [2.75, 3.05) is 0 Å². The average molecular weight is 421 g/mol.